The lowest BCUT2D eigenvalue weighted by molar-refractivity contribution is -0.123. The molecule has 3 rings (SSSR count). The number of carbonyl (C=O) groups is 1. The number of halogens is 1. The maximum absolute atomic E-state index is 12.4. The van der Waals surface area contributed by atoms with Crippen molar-refractivity contribution >= 4 is 17.5 Å². The van der Waals surface area contributed by atoms with Crippen molar-refractivity contribution in [2.75, 3.05) is 13.1 Å². The van der Waals surface area contributed by atoms with E-state index in [2.05, 4.69) is 16.3 Å². The van der Waals surface area contributed by atoms with Gasteiger partial charge >= 0.3 is 0 Å². The number of amides is 1. The molecule has 1 atom stereocenters. The van der Waals surface area contributed by atoms with Crippen molar-refractivity contribution in [1.82, 2.24) is 10.2 Å². The van der Waals surface area contributed by atoms with Crippen LogP contribution in [0.2, 0.25) is 5.02 Å². The van der Waals surface area contributed by atoms with E-state index in [4.69, 9.17) is 11.6 Å². The number of carbonyl (C=O) groups excluding carboxylic acids is 1. The highest BCUT2D eigenvalue weighted by Crippen LogP contribution is 2.33. The summed E-state index contributed by atoms with van der Waals surface area (Å²) in [4.78, 5) is 14.6. The van der Waals surface area contributed by atoms with E-state index in [1.54, 1.807) is 0 Å². The normalized spacial score (nSPS) is 23.6. The Morgan fingerprint density at radius 2 is 2.00 bits per heavy atom. The first kappa shape index (κ1) is 16.3. The van der Waals surface area contributed by atoms with Crippen LogP contribution in [-0.4, -0.2) is 29.4 Å². The van der Waals surface area contributed by atoms with Crippen molar-refractivity contribution in [2.45, 2.75) is 50.1 Å². The molecule has 1 saturated heterocycles. The molecule has 2 fully saturated rings. The SMILES string of the molecule is N#CC1(NC(=O)CN2CCCC2c2ccc(Cl)cc2)CCCC1. The number of nitrogens with one attached hydrogen (secondary N) is 1. The molecule has 4 nitrogen and oxygen atoms in total. The Morgan fingerprint density at radius 3 is 2.65 bits per heavy atom. The molecule has 1 N–H and O–H groups in total. The first-order chi connectivity index (χ1) is 11.1. The molecule has 1 aromatic carbocycles. The Balaban J connectivity index is 1.63. The predicted octanol–water partition coefficient (Wildman–Crippen LogP) is 3.43. The topological polar surface area (TPSA) is 56.1 Å². The van der Waals surface area contributed by atoms with E-state index < -0.39 is 5.54 Å². The fourth-order valence-corrected chi connectivity index (χ4v) is 3.94. The van der Waals surface area contributed by atoms with Crippen LogP contribution < -0.4 is 5.32 Å². The average Bonchev–Trinajstić information content (AvgIpc) is 3.18. The Hall–Kier alpha value is -1.57. The molecular weight excluding hydrogens is 310 g/mol. The third-order valence-corrected chi connectivity index (χ3v) is 5.27. The van der Waals surface area contributed by atoms with Crippen molar-refractivity contribution < 1.29 is 4.79 Å². The third-order valence-electron chi connectivity index (χ3n) is 5.01. The molecule has 1 heterocycles. The number of nitriles is 1. The van der Waals surface area contributed by atoms with E-state index in [0.29, 0.717) is 6.54 Å². The lowest BCUT2D eigenvalue weighted by Crippen LogP contribution is -2.48. The smallest absolute Gasteiger partial charge is 0.235 e. The van der Waals surface area contributed by atoms with E-state index in [-0.39, 0.29) is 11.9 Å². The van der Waals surface area contributed by atoms with Gasteiger partial charge in [0.25, 0.3) is 0 Å². The van der Waals surface area contributed by atoms with Gasteiger partial charge in [0.05, 0.1) is 12.6 Å². The van der Waals surface area contributed by atoms with Gasteiger partial charge in [-0.3, -0.25) is 9.69 Å². The molecule has 1 aliphatic heterocycles. The van der Waals surface area contributed by atoms with Gasteiger partial charge in [-0.25, -0.2) is 0 Å². The minimum Gasteiger partial charge on any atom is -0.337 e. The van der Waals surface area contributed by atoms with Crippen LogP contribution >= 0.6 is 11.6 Å². The zero-order valence-electron chi connectivity index (χ0n) is 13.2. The number of nitrogens with zero attached hydrogens (tertiary/aromatic N) is 2. The summed E-state index contributed by atoms with van der Waals surface area (Å²) in [5.74, 6) is -0.0330. The number of rotatable bonds is 4. The molecule has 2 aliphatic rings. The van der Waals surface area contributed by atoms with Crippen molar-refractivity contribution in [3.05, 3.63) is 34.9 Å². The summed E-state index contributed by atoms with van der Waals surface area (Å²) in [6, 6.07) is 10.5. The summed E-state index contributed by atoms with van der Waals surface area (Å²) in [6.45, 7) is 1.27. The highest BCUT2D eigenvalue weighted by molar-refractivity contribution is 6.30. The maximum Gasteiger partial charge on any atom is 0.235 e. The van der Waals surface area contributed by atoms with Crippen LogP contribution in [0, 0.1) is 11.3 Å². The monoisotopic (exact) mass is 331 g/mol. The minimum absolute atomic E-state index is 0.0330. The first-order valence-corrected chi connectivity index (χ1v) is 8.71. The molecular formula is C18H22ClN3O. The minimum atomic E-state index is -0.632. The van der Waals surface area contributed by atoms with Crippen LogP contribution in [-0.2, 0) is 4.79 Å². The molecule has 1 unspecified atom stereocenters. The molecule has 1 amide bonds. The van der Waals surface area contributed by atoms with Crippen LogP contribution in [0.4, 0.5) is 0 Å². The zero-order valence-corrected chi connectivity index (χ0v) is 14.0. The molecule has 0 radical (unpaired) electrons. The molecule has 1 aromatic rings. The zero-order chi connectivity index (χ0) is 16.3. The summed E-state index contributed by atoms with van der Waals surface area (Å²) in [7, 11) is 0. The number of likely N-dealkylation sites (tertiary alicyclic amines) is 1. The summed E-state index contributed by atoms with van der Waals surface area (Å²) in [5, 5.41) is 13.1. The molecule has 23 heavy (non-hydrogen) atoms. The van der Waals surface area contributed by atoms with Gasteiger partial charge in [0.2, 0.25) is 5.91 Å². The molecule has 1 aliphatic carbocycles. The molecule has 1 saturated carbocycles. The van der Waals surface area contributed by atoms with Gasteiger partial charge in [-0.05, 0) is 62.8 Å². The van der Waals surface area contributed by atoms with Crippen LogP contribution in [0.25, 0.3) is 0 Å². The van der Waals surface area contributed by atoms with Gasteiger partial charge in [0.1, 0.15) is 5.54 Å². The van der Waals surface area contributed by atoms with Crippen molar-refractivity contribution in [2.24, 2.45) is 0 Å². The highest BCUT2D eigenvalue weighted by Gasteiger charge is 2.36. The van der Waals surface area contributed by atoms with Crippen LogP contribution in [0.5, 0.6) is 0 Å². The molecule has 0 bridgehead atoms. The fraction of sp³-hybridized carbons (Fsp3) is 0.556. The number of hydrogen-bond donors (Lipinski definition) is 1. The van der Waals surface area contributed by atoms with Gasteiger partial charge in [-0.2, -0.15) is 5.26 Å². The second kappa shape index (κ2) is 6.90. The quantitative estimate of drug-likeness (QED) is 0.919. The standard InChI is InChI=1S/C18H22ClN3O/c19-15-7-5-14(6-8-15)16-4-3-11-22(16)12-17(23)21-18(13-20)9-1-2-10-18/h5-8,16H,1-4,9-12H2,(H,21,23). The molecule has 122 valence electrons. The molecule has 0 spiro atoms. The van der Waals surface area contributed by atoms with Gasteiger partial charge in [0.15, 0.2) is 0 Å². The average molecular weight is 332 g/mol. The number of benzene rings is 1. The summed E-state index contributed by atoms with van der Waals surface area (Å²) < 4.78 is 0. The summed E-state index contributed by atoms with van der Waals surface area (Å²) in [5.41, 5.74) is 0.572. The van der Waals surface area contributed by atoms with Crippen LogP contribution in [0.3, 0.4) is 0 Å². The molecule has 5 heteroatoms. The van der Waals surface area contributed by atoms with E-state index >= 15 is 0 Å². The van der Waals surface area contributed by atoms with Gasteiger partial charge in [0, 0.05) is 11.1 Å². The Morgan fingerprint density at radius 1 is 1.30 bits per heavy atom. The first-order valence-electron chi connectivity index (χ1n) is 8.34. The largest absolute Gasteiger partial charge is 0.337 e. The summed E-state index contributed by atoms with van der Waals surface area (Å²) >= 11 is 5.96. The second-order valence-electron chi connectivity index (χ2n) is 6.63. The maximum atomic E-state index is 12.4. The summed E-state index contributed by atoms with van der Waals surface area (Å²) in [6.07, 6.45) is 5.73. The molecule has 0 aromatic heterocycles. The van der Waals surface area contributed by atoms with Crippen molar-refractivity contribution in [3.8, 4) is 6.07 Å². The van der Waals surface area contributed by atoms with Crippen molar-refractivity contribution in [1.29, 1.82) is 5.26 Å². The van der Waals surface area contributed by atoms with Crippen molar-refractivity contribution in [3.63, 3.8) is 0 Å². The lowest BCUT2D eigenvalue weighted by Gasteiger charge is -2.27. The van der Waals surface area contributed by atoms with Gasteiger partial charge in [-0.1, -0.05) is 23.7 Å². The van der Waals surface area contributed by atoms with E-state index in [9.17, 15) is 10.1 Å². The second-order valence-corrected chi connectivity index (χ2v) is 7.07. The van der Waals surface area contributed by atoms with Crippen LogP contribution in [0.1, 0.15) is 50.1 Å². The Labute approximate surface area is 142 Å². The van der Waals surface area contributed by atoms with E-state index in [1.165, 1.54) is 5.56 Å². The Bertz CT molecular complexity index is 602. The van der Waals surface area contributed by atoms with Crippen LogP contribution in [0.15, 0.2) is 24.3 Å². The highest BCUT2D eigenvalue weighted by atomic mass is 35.5. The van der Waals surface area contributed by atoms with Gasteiger partial charge in [-0.15, -0.1) is 0 Å². The fourth-order valence-electron chi connectivity index (χ4n) is 3.81. The van der Waals surface area contributed by atoms with E-state index in [0.717, 1.165) is 50.1 Å². The number of hydrogen-bond acceptors (Lipinski definition) is 3. The predicted molar refractivity (Wildman–Crippen MR) is 90.0 cm³/mol. The third kappa shape index (κ3) is 3.68. The Kier molecular flexibility index (Phi) is 4.89. The lowest BCUT2D eigenvalue weighted by atomic mass is 10.00. The van der Waals surface area contributed by atoms with Gasteiger partial charge < -0.3 is 5.32 Å². The van der Waals surface area contributed by atoms with E-state index in [1.807, 2.05) is 24.3 Å².